The summed E-state index contributed by atoms with van der Waals surface area (Å²) >= 11 is 5.32. The lowest BCUT2D eigenvalue weighted by Gasteiger charge is -2.36. The van der Waals surface area contributed by atoms with Crippen molar-refractivity contribution in [3.63, 3.8) is 0 Å². The van der Waals surface area contributed by atoms with Gasteiger partial charge in [-0.1, -0.05) is 17.7 Å². The Morgan fingerprint density at radius 1 is 0.838 bits per heavy atom. The second kappa shape index (κ2) is 11.9. The summed E-state index contributed by atoms with van der Waals surface area (Å²) < 4.78 is 5.61. The summed E-state index contributed by atoms with van der Waals surface area (Å²) in [5.41, 5.74) is 4.23. The molecule has 0 radical (unpaired) electrons. The number of nitrogens with one attached hydrogen (secondary N) is 2. The van der Waals surface area contributed by atoms with Gasteiger partial charge < -0.3 is 19.9 Å². The number of rotatable bonds is 6. The smallest absolute Gasteiger partial charge is 0.257 e. The van der Waals surface area contributed by atoms with Gasteiger partial charge in [-0.2, -0.15) is 0 Å². The zero-order valence-electron chi connectivity index (χ0n) is 21.4. The second-order valence-electron chi connectivity index (χ2n) is 9.29. The summed E-state index contributed by atoms with van der Waals surface area (Å²) in [6.07, 6.45) is 0.0701. The standard InChI is InChI=1S/C29H32N4O3S/c1-20(2)36-26-14-8-22(9-15-26)27(34)31-29(37)30-24-10-12-25(13-11-24)32-16-18-33(19-17-32)28(35)23-6-4-21(3)5-7-23/h4-15,20H,16-19H2,1-3H3,(H2,30,31,34,37). The minimum Gasteiger partial charge on any atom is -0.491 e. The van der Waals surface area contributed by atoms with Crippen molar-refractivity contribution in [1.82, 2.24) is 10.2 Å². The van der Waals surface area contributed by atoms with Gasteiger partial charge in [0.1, 0.15) is 5.75 Å². The molecule has 8 heteroatoms. The predicted octanol–water partition coefficient (Wildman–Crippen LogP) is 4.87. The molecule has 0 aliphatic carbocycles. The number of hydrogen-bond acceptors (Lipinski definition) is 5. The average molecular weight is 517 g/mol. The second-order valence-corrected chi connectivity index (χ2v) is 9.70. The van der Waals surface area contributed by atoms with E-state index in [9.17, 15) is 9.59 Å². The summed E-state index contributed by atoms with van der Waals surface area (Å²) in [5.74, 6) is 0.504. The van der Waals surface area contributed by atoms with Crippen LogP contribution in [-0.2, 0) is 0 Å². The number of aryl methyl sites for hydroxylation is 1. The third kappa shape index (κ3) is 7.07. The zero-order valence-corrected chi connectivity index (χ0v) is 22.2. The molecule has 3 aromatic carbocycles. The van der Waals surface area contributed by atoms with Gasteiger partial charge in [-0.15, -0.1) is 0 Å². The van der Waals surface area contributed by atoms with Crippen LogP contribution in [0, 0.1) is 6.92 Å². The zero-order chi connectivity index (χ0) is 26.4. The van der Waals surface area contributed by atoms with Crippen LogP contribution < -0.4 is 20.3 Å². The van der Waals surface area contributed by atoms with Crippen molar-refractivity contribution in [2.45, 2.75) is 26.9 Å². The number of carbonyl (C=O) groups excluding carboxylic acids is 2. The van der Waals surface area contributed by atoms with Crippen LogP contribution in [0.25, 0.3) is 0 Å². The maximum Gasteiger partial charge on any atom is 0.257 e. The van der Waals surface area contributed by atoms with Gasteiger partial charge in [-0.3, -0.25) is 14.9 Å². The minimum atomic E-state index is -0.289. The Morgan fingerprint density at radius 3 is 2.03 bits per heavy atom. The van der Waals surface area contributed by atoms with Crippen molar-refractivity contribution in [1.29, 1.82) is 0 Å². The van der Waals surface area contributed by atoms with E-state index < -0.39 is 0 Å². The Kier molecular flexibility index (Phi) is 8.40. The largest absolute Gasteiger partial charge is 0.491 e. The number of ether oxygens (including phenoxy) is 1. The molecule has 0 aromatic heterocycles. The fraction of sp³-hybridized carbons (Fsp3) is 0.276. The van der Waals surface area contributed by atoms with Crippen LogP contribution in [0.5, 0.6) is 5.75 Å². The SMILES string of the molecule is Cc1ccc(C(=O)N2CCN(c3ccc(NC(=S)NC(=O)c4ccc(OC(C)C)cc4)cc3)CC2)cc1. The lowest BCUT2D eigenvalue weighted by atomic mass is 10.1. The fourth-order valence-electron chi connectivity index (χ4n) is 4.10. The Labute approximate surface area is 223 Å². The highest BCUT2D eigenvalue weighted by atomic mass is 32.1. The number of piperazine rings is 1. The lowest BCUT2D eigenvalue weighted by Crippen LogP contribution is -2.48. The van der Waals surface area contributed by atoms with Gasteiger partial charge in [0, 0.05) is 48.7 Å². The van der Waals surface area contributed by atoms with Crippen molar-refractivity contribution in [2.24, 2.45) is 0 Å². The summed E-state index contributed by atoms with van der Waals surface area (Å²) in [5, 5.41) is 5.99. The molecule has 37 heavy (non-hydrogen) atoms. The molecule has 192 valence electrons. The molecular weight excluding hydrogens is 484 g/mol. The third-order valence-electron chi connectivity index (χ3n) is 6.07. The summed E-state index contributed by atoms with van der Waals surface area (Å²) in [7, 11) is 0. The monoisotopic (exact) mass is 516 g/mol. The molecule has 0 spiro atoms. The first kappa shape index (κ1) is 26.2. The number of anilines is 2. The average Bonchev–Trinajstić information content (AvgIpc) is 2.89. The van der Waals surface area contributed by atoms with Gasteiger partial charge >= 0.3 is 0 Å². The van der Waals surface area contributed by atoms with E-state index in [1.54, 1.807) is 24.3 Å². The maximum absolute atomic E-state index is 12.8. The summed E-state index contributed by atoms with van der Waals surface area (Å²) in [6.45, 7) is 8.79. The lowest BCUT2D eigenvalue weighted by molar-refractivity contribution is 0.0746. The molecule has 3 aromatic rings. The highest BCUT2D eigenvalue weighted by Crippen LogP contribution is 2.21. The summed E-state index contributed by atoms with van der Waals surface area (Å²) in [6, 6.07) is 22.5. The minimum absolute atomic E-state index is 0.0701. The number of hydrogen-bond donors (Lipinski definition) is 2. The molecule has 1 saturated heterocycles. The van der Waals surface area contributed by atoms with Crippen LogP contribution in [0.15, 0.2) is 72.8 Å². The quantitative estimate of drug-likeness (QED) is 0.456. The van der Waals surface area contributed by atoms with Crippen molar-refractivity contribution in [2.75, 3.05) is 36.4 Å². The number of thiocarbonyl (C=S) groups is 1. The van der Waals surface area contributed by atoms with E-state index >= 15 is 0 Å². The van der Waals surface area contributed by atoms with Crippen LogP contribution in [-0.4, -0.2) is 54.1 Å². The van der Waals surface area contributed by atoms with E-state index in [2.05, 4.69) is 15.5 Å². The van der Waals surface area contributed by atoms with Crippen molar-refractivity contribution >= 4 is 40.5 Å². The molecule has 2 N–H and O–H groups in total. The van der Waals surface area contributed by atoms with Gasteiger partial charge in [0.2, 0.25) is 0 Å². The Morgan fingerprint density at radius 2 is 1.43 bits per heavy atom. The fourth-order valence-corrected chi connectivity index (χ4v) is 4.31. The van der Waals surface area contributed by atoms with E-state index in [0.29, 0.717) is 24.4 Å². The van der Waals surface area contributed by atoms with E-state index in [1.807, 2.05) is 74.2 Å². The molecule has 4 rings (SSSR count). The molecule has 0 atom stereocenters. The van der Waals surface area contributed by atoms with E-state index in [1.165, 1.54) is 0 Å². The van der Waals surface area contributed by atoms with Crippen LogP contribution in [0.4, 0.5) is 11.4 Å². The maximum atomic E-state index is 12.8. The molecule has 2 amide bonds. The van der Waals surface area contributed by atoms with Gasteiger partial charge in [-0.05, 0) is 93.7 Å². The van der Waals surface area contributed by atoms with Crippen LogP contribution in [0.1, 0.15) is 40.1 Å². The molecule has 7 nitrogen and oxygen atoms in total. The molecule has 1 aliphatic heterocycles. The van der Waals surface area contributed by atoms with E-state index in [0.717, 1.165) is 35.6 Å². The van der Waals surface area contributed by atoms with Crippen LogP contribution >= 0.6 is 12.2 Å². The molecule has 0 unspecified atom stereocenters. The topological polar surface area (TPSA) is 73.9 Å². The van der Waals surface area contributed by atoms with Gasteiger partial charge in [0.05, 0.1) is 6.10 Å². The van der Waals surface area contributed by atoms with Crippen LogP contribution in [0.3, 0.4) is 0 Å². The normalized spacial score (nSPS) is 13.3. The van der Waals surface area contributed by atoms with E-state index in [4.69, 9.17) is 17.0 Å². The predicted molar refractivity (Wildman–Crippen MR) is 152 cm³/mol. The van der Waals surface area contributed by atoms with Crippen molar-refractivity contribution < 1.29 is 14.3 Å². The first-order valence-electron chi connectivity index (χ1n) is 12.4. The summed E-state index contributed by atoms with van der Waals surface area (Å²) in [4.78, 5) is 29.4. The highest BCUT2D eigenvalue weighted by Gasteiger charge is 2.22. The highest BCUT2D eigenvalue weighted by molar-refractivity contribution is 7.80. The molecule has 1 aliphatic rings. The Bertz CT molecular complexity index is 1230. The Hall–Kier alpha value is -3.91. The van der Waals surface area contributed by atoms with Gasteiger partial charge in [0.15, 0.2) is 5.11 Å². The molecule has 0 saturated carbocycles. The van der Waals surface area contributed by atoms with Crippen molar-refractivity contribution in [3.8, 4) is 5.75 Å². The first-order valence-corrected chi connectivity index (χ1v) is 12.8. The van der Waals surface area contributed by atoms with E-state index in [-0.39, 0.29) is 23.0 Å². The number of nitrogens with zero attached hydrogens (tertiary/aromatic N) is 2. The van der Waals surface area contributed by atoms with Crippen molar-refractivity contribution in [3.05, 3.63) is 89.5 Å². The number of carbonyl (C=O) groups is 2. The number of benzene rings is 3. The van der Waals surface area contributed by atoms with Gasteiger partial charge in [-0.25, -0.2) is 0 Å². The molecule has 1 heterocycles. The molecular formula is C29H32N4O3S. The van der Waals surface area contributed by atoms with Gasteiger partial charge in [0.25, 0.3) is 11.8 Å². The third-order valence-corrected chi connectivity index (χ3v) is 6.28. The Balaban J connectivity index is 1.25. The number of amides is 2. The first-order chi connectivity index (χ1) is 17.8. The molecule has 0 bridgehead atoms. The molecule has 1 fully saturated rings. The van der Waals surface area contributed by atoms with Crippen LogP contribution in [0.2, 0.25) is 0 Å².